The molecular formula is C18H31N3. The lowest BCUT2D eigenvalue weighted by atomic mass is 9.83. The lowest BCUT2D eigenvalue weighted by Gasteiger charge is -2.24. The van der Waals surface area contributed by atoms with Crippen molar-refractivity contribution >= 4 is 0 Å². The fourth-order valence-electron chi connectivity index (χ4n) is 4.40. The zero-order valence-electron chi connectivity index (χ0n) is 13.8. The minimum absolute atomic E-state index is 0.443. The molecule has 3 heteroatoms. The fraction of sp³-hybridized carbons (Fsp3) is 0.833. The molecule has 1 aromatic heterocycles. The Morgan fingerprint density at radius 3 is 2.86 bits per heavy atom. The van der Waals surface area contributed by atoms with Crippen molar-refractivity contribution in [2.75, 3.05) is 6.54 Å². The van der Waals surface area contributed by atoms with Crippen molar-refractivity contribution in [1.29, 1.82) is 0 Å². The zero-order chi connectivity index (χ0) is 14.7. The summed E-state index contributed by atoms with van der Waals surface area (Å²) in [6, 6.07) is 3.65. The van der Waals surface area contributed by atoms with Crippen molar-refractivity contribution < 1.29 is 0 Å². The molecule has 1 heterocycles. The van der Waals surface area contributed by atoms with E-state index in [2.05, 4.69) is 36.1 Å². The predicted molar refractivity (Wildman–Crippen MR) is 87.5 cm³/mol. The second-order valence-corrected chi connectivity index (χ2v) is 7.56. The van der Waals surface area contributed by atoms with Crippen LogP contribution in [0.3, 0.4) is 0 Å². The van der Waals surface area contributed by atoms with Gasteiger partial charge in [-0.2, -0.15) is 5.10 Å². The number of rotatable bonds is 5. The molecule has 2 aliphatic rings. The number of hydrogen-bond donors (Lipinski definition) is 1. The fourth-order valence-corrected chi connectivity index (χ4v) is 4.40. The third-order valence-electron chi connectivity index (χ3n) is 5.55. The predicted octanol–water partition coefficient (Wildman–Crippen LogP) is 4.10. The number of nitrogens with zero attached hydrogens (tertiary/aromatic N) is 2. The Labute approximate surface area is 129 Å². The van der Waals surface area contributed by atoms with Gasteiger partial charge in [0, 0.05) is 12.2 Å². The summed E-state index contributed by atoms with van der Waals surface area (Å²) in [6.07, 6.45) is 14.1. The van der Waals surface area contributed by atoms with Gasteiger partial charge in [0.15, 0.2) is 0 Å². The lowest BCUT2D eigenvalue weighted by Crippen LogP contribution is -2.28. The van der Waals surface area contributed by atoms with Crippen LogP contribution >= 0.6 is 0 Å². The summed E-state index contributed by atoms with van der Waals surface area (Å²) in [4.78, 5) is 0. The van der Waals surface area contributed by atoms with Crippen LogP contribution in [-0.4, -0.2) is 22.4 Å². The summed E-state index contributed by atoms with van der Waals surface area (Å²) in [5, 5.41) is 8.53. The van der Waals surface area contributed by atoms with Crippen LogP contribution in [0.15, 0.2) is 12.3 Å². The van der Waals surface area contributed by atoms with Gasteiger partial charge >= 0.3 is 0 Å². The quantitative estimate of drug-likeness (QED) is 0.884. The van der Waals surface area contributed by atoms with E-state index in [0.29, 0.717) is 11.5 Å². The molecule has 2 unspecified atom stereocenters. The summed E-state index contributed by atoms with van der Waals surface area (Å²) >= 11 is 0. The molecule has 118 valence electrons. The molecule has 0 saturated heterocycles. The standard InChI is InChI=1S/C18H31N3/c1-3-19-15-9-11-18(2,13-15)14-16-10-12-21(20-16)17-7-5-4-6-8-17/h10,12,15,17,19H,3-9,11,13-14H2,1-2H3. The lowest BCUT2D eigenvalue weighted by molar-refractivity contribution is 0.307. The second kappa shape index (κ2) is 6.51. The first-order valence-corrected chi connectivity index (χ1v) is 8.96. The smallest absolute Gasteiger partial charge is 0.0630 e. The van der Waals surface area contributed by atoms with Crippen LogP contribution < -0.4 is 5.32 Å². The van der Waals surface area contributed by atoms with E-state index in [0.717, 1.165) is 19.0 Å². The molecule has 0 spiro atoms. The van der Waals surface area contributed by atoms with Crippen molar-refractivity contribution in [2.45, 2.75) is 83.7 Å². The molecule has 1 aromatic rings. The zero-order valence-corrected chi connectivity index (χ0v) is 13.8. The molecule has 2 aliphatic carbocycles. The van der Waals surface area contributed by atoms with Crippen LogP contribution in [0.2, 0.25) is 0 Å². The highest BCUT2D eigenvalue weighted by molar-refractivity contribution is 5.06. The van der Waals surface area contributed by atoms with E-state index >= 15 is 0 Å². The van der Waals surface area contributed by atoms with Crippen LogP contribution in [0, 0.1) is 5.41 Å². The average molecular weight is 289 g/mol. The highest BCUT2D eigenvalue weighted by Crippen LogP contribution is 2.40. The number of aromatic nitrogens is 2. The Morgan fingerprint density at radius 1 is 1.29 bits per heavy atom. The Balaban J connectivity index is 1.59. The minimum atomic E-state index is 0.443. The van der Waals surface area contributed by atoms with Crippen LogP contribution in [0.1, 0.15) is 76.9 Å². The maximum absolute atomic E-state index is 4.91. The van der Waals surface area contributed by atoms with Crippen molar-refractivity contribution in [1.82, 2.24) is 15.1 Å². The first-order valence-electron chi connectivity index (χ1n) is 8.96. The average Bonchev–Trinajstić information content (AvgIpc) is 3.08. The monoisotopic (exact) mass is 289 g/mol. The molecule has 2 fully saturated rings. The summed E-state index contributed by atoms with van der Waals surface area (Å²) < 4.78 is 2.26. The van der Waals surface area contributed by atoms with Gasteiger partial charge in [-0.15, -0.1) is 0 Å². The second-order valence-electron chi connectivity index (χ2n) is 7.56. The molecule has 21 heavy (non-hydrogen) atoms. The summed E-state index contributed by atoms with van der Waals surface area (Å²) in [5.74, 6) is 0. The number of nitrogens with one attached hydrogen (secondary N) is 1. The Bertz CT molecular complexity index is 447. The first-order chi connectivity index (χ1) is 10.2. The first kappa shape index (κ1) is 15.1. The van der Waals surface area contributed by atoms with E-state index in [1.807, 2.05) is 0 Å². The van der Waals surface area contributed by atoms with Gasteiger partial charge in [0.05, 0.1) is 11.7 Å². The van der Waals surface area contributed by atoms with E-state index in [1.165, 1.54) is 57.1 Å². The largest absolute Gasteiger partial charge is 0.314 e. The van der Waals surface area contributed by atoms with Gasteiger partial charge in [0.25, 0.3) is 0 Å². The maximum atomic E-state index is 4.91. The van der Waals surface area contributed by atoms with Gasteiger partial charge < -0.3 is 5.32 Å². The van der Waals surface area contributed by atoms with Gasteiger partial charge in [-0.3, -0.25) is 4.68 Å². The normalized spacial score (nSPS) is 30.9. The highest BCUT2D eigenvalue weighted by atomic mass is 15.3. The van der Waals surface area contributed by atoms with Gasteiger partial charge in [-0.1, -0.05) is 33.1 Å². The molecule has 0 amide bonds. The van der Waals surface area contributed by atoms with Gasteiger partial charge in [-0.05, 0) is 56.6 Å². The van der Waals surface area contributed by atoms with Crippen LogP contribution in [-0.2, 0) is 6.42 Å². The Kier molecular flexibility index (Phi) is 4.68. The molecule has 3 rings (SSSR count). The van der Waals surface area contributed by atoms with Crippen LogP contribution in [0.4, 0.5) is 0 Å². The van der Waals surface area contributed by atoms with E-state index in [-0.39, 0.29) is 0 Å². The summed E-state index contributed by atoms with van der Waals surface area (Å²) in [7, 11) is 0. The third-order valence-corrected chi connectivity index (χ3v) is 5.55. The third kappa shape index (κ3) is 3.68. The van der Waals surface area contributed by atoms with Crippen molar-refractivity contribution in [3.8, 4) is 0 Å². The molecule has 0 aromatic carbocycles. The van der Waals surface area contributed by atoms with E-state index < -0.39 is 0 Å². The summed E-state index contributed by atoms with van der Waals surface area (Å²) in [6.45, 7) is 5.75. The van der Waals surface area contributed by atoms with Crippen LogP contribution in [0.25, 0.3) is 0 Å². The Hall–Kier alpha value is -0.830. The van der Waals surface area contributed by atoms with Gasteiger partial charge in [0.2, 0.25) is 0 Å². The topological polar surface area (TPSA) is 29.9 Å². The van der Waals surface area contributed by atoms with E-state index in [1.54, 1.807) is 0 Å². The molecule has 1 N–H and O–H groups in total. The van der Waals surface area contributed by atoms with E-state index in [9.17, 15) is 0 Å². The van der Waals surface area contributed by atoms with Crippen molar-refractivity contribution in [3.63, 3.8) is 0 Å². The highest BCUT2D eigenvalue weighted by Gasteiger charge is 2.35. The maximum Gasteiger partial charge on any atom is 0.0630 e. The van der Waals surface area contributed by atoms with Gasteiger partial charge in [-0.25, -0.2) is 0 Å². The van der Waals surface area contributed by atoms with Crippen LogP contribution in [0.5, 0.6) is 0 Å². The molecule has 0 radical (unpaired) electrons. The molecule has 2 atom stereocenters. The SMILES string of the molecule is CCNC1CCC(C)(Cc2ccn(C3CCCCC3)n2)C1. The molecular weight excluding hydrogens is 258 g/mol. The molecule has 0 aliphatic heterocycles. The van der Waals surface area contributed by atoms with E-state index in [4.69, 9.17) is 5.10 Å². The minimum Gasteiger partial charge on any atom is -0.314 e. The summed E-state index contributed by atoms with van der Waals surface area (Å²) in [5.41, 5.74) is 1.75. The van der Waals surface area contributed by atoms with Crippen molar-refractivity contribution in [3.05, 3.63) is 18.0 Å². The number of hydrogen-bond acceptors (Lipinski definition) is 2. The molecule has 0 bridgehead atoms. The van der Waals surface area contributed by atoms with Gasteiger partial charge in [0.1, 0.15) is 0 Å². The molecule has 3 nitrogen and oxygen atoms in total. The molecule has 2 saturated carbocycles. The van der Waals surface area contributed by atoms with Crippen molar-refractivity contribution in [2.24, 2.45) is 5.41 Å². The Morgan fingerprint density at radius 2 is 2.10 bits per heavy atom.